The first kappa shape index (κ1) is 35.9. The van der Waals surface area contributed by atoms with Crippen LogP contribution >= 0.6 is 34.7 Å². The van der Waals surface area contributed by atoms with Crippen molar-refractivity contribution in [2.24, 2.45) is 5.16 Å². The lowest BCUT2D eigenvalue weighted by atomic mass is 10.1. The third kappa shape index (κ3) is 6.38. The Morgan fingerprint density at radius 1 is 1.18 bits per heavy atom. The number of oxime groups is 1. The number of benzene rings is 1. The van der Waals surface area contributed by atoms with Crippen LogP contribution in [0.5, 0.6) is 11.5 Å². The fourth-order valence-corrected chi connectivity index (χ4v) is 7.65. The Kier molecular flexibility index (Phi) is 9.97. The quantitative estimate of drug-likeness (QED) is 0.0342. The number of nitrogens with two attached hydrogens (primary N) is 1. The second-order valence-corrected chi connectivity index (χ2v) is 13.6. The number of phenols is 2. The van der Waals surface area contributed by atoms with Crippen molar-refractivity contribution in [3.63, 3.8) is 0 Å². The number of halogens is 1. The molecule has 3 aliphatic rings. The van der Waals surface area contributed by atoms with Gasteiger partial charge in [-0.1, -0.05) is 41.9 Å². The summed E-state index contributed by atoms with van der Waals surface area (Å²) in [5, 5.41) is 45.8. The third-order valence-electron chi connectivity index (χ3n) is 7.77. The van der Waals surface area contributed by atoms with Crippen molar-refractivity contribution in [3.05, 3.63) is 33.8 Å². The van der Waals surface area contributed by atoms with Crippen LogP contribution in [0.2, 0.25) is 5.02 Å². The zero-order valence-corrected chi connectivity index (χ0v) is 28.0. The monoisotopic (exact) mass is 754 g/mol. The number of hydrogen-bond acceptors (Lipinski definition) is 15. The summed E-state index contributed by atoms with van der Waals surface area (Å²) in [4.78, 5) is 98.6. The van der Waals surface area contributed by atoms with E-state index < -0.39 is 98.2 Å². The number of β-lactam (4-membered cyclic amide) rings is 1. The molecule has 0 unspecified atom stereocenters. The Hall–Kier alpha value is -5.35. The average Bonchev–Trinajstić information content (AvgIpc) is 3.77. The number of carboxylic acid groups (broad SMARTS) is 2. The number of thioether (sulfide) groups is 1. The number of Topliss-reactive ketones (excluding diaryl/α,β-unsaturated/α-hetero) is 1. The number of hydrogen-bond donors (Lipinski definition) is 7. The molecule has 8 N–H and O–H groups in total. The molecule has 23 heteroatoms. The number of aliphatic carboxylic acids is 2. The van der Waals surface area contributed by atoms with Crippen LogP contribution in [0.1, 0.15) is 35.8 Å². The van der Waals surface area contributed by atoms with Gasteiger partial charge in [0.25, 0.3) is 11.7 Å². The van der Waals surface area contributed by atoms with Crippen LogP contribution in [0.15, 0.2) is 22.7 Å². The van der Waals surface area contributed by atoms with Crippen molar-refractivity contribution >= 4 is 87.0 Å². The van der Waals surface area contributed by atoms with Gasteiger partial charge in [0.2, 0.25) is 16.9 Å². The fourth-order valence-electron chi connectivity index (χ4n) is 5.22. The predicted octanol–water partition coefficient (Wildman–Crippen LogP) is -0.404. The zero-order valence-electron chi connectivity index (χ0n) is 25.6. The van der Waals surface area contributed by atoms with E-state index in [9.17, 15) is 54.0 Å². The van der Waals surface area contributed by atoms with Crippen LogP contribution in [0.4, 0.5) is 9.93 Å². The number of carbonyl (C=O) groups excluding carboxylic acids is 5. The normalized spacial score (nSPS) is 22.1. The first-order valence-electron chi connectivity index (χ1n) is 14.5. The second-order valence-electron chi connectivity index (χ2n) is 10.9. The smallest absolute Gasteiger partial charge is 0.347 e. The summed E-state index contributed by atoms with van der Waals surface area (Å²) in [6.07, 6.45) is -0.889. The Labute approximate surface area is 293 Å². The van der Waals surface area contributed by atoms with Gasteiger partial charge in [-0.3, -0.25) is 29.5 Å². The molecule has 4 heterocycles. The lowest BCUT2D eigenvalue weighted by Crippen LogP contribution is -2.68. The largest absolute Gasteiger partial charge is 0.504 e. The number of hydrazine groups is 1. The lowest BCUT2D eigenvalue weighted by molar-refractivity contribution is -0.151. The number of ketones is 1. The SMILES string of the molecule is CCC[C@H](O/N=C(\C(=O)N[C@@H]1C(=O)N2C[C@@](C(=O)O)(N3CCN(NC(=O)C(=O)c4ccc(O)c(O)c4Cl)C3=O)S[C@H]12)c1csc(N)n1)C(=O)O. The molecule has 0 saturated carbocycles. The number of nitrogen functional groups attached to an aromatic ring is 1. The summed E-state index contributed by atoms with van der Waals surface area (Å²) in [6.45, 7) is 0.685. The predicted molar refractivity (Wildman–Crippen MR) is 172 cm³/mol. The molecule has 3 saturated heterocycles. The first-order chi connectivity index (χ1) is 23.6. The molecule has 0 radical (unpaired) electrons. The van der Waals surface area contributed by atoms with Crippen molar-refractivity contribution in [1.82, 2.24) is 30.5 Å². The lowest BCUT2D eigenvalue weighted by Gasteiger charge is -2.41. The number of aromatic hydroxyl groups is 2. The first-order valence-corrected chi connectivity index (χ1v) is 16.6. The van der Waals surface area contributed by atoms with Gasteiger partial charge in [0.1, 0.15) is 17.1 Å². The molecular formula is C27H27ClN8O12S2. The number of nitrogens with one attached hydrogen (secondary N) is 2. The van der Waals surface area contributed by atoms with Gasteiger partial charge in [0, 0.05) is 11.9 Å². The van der Waals surface area contributed by atoms with Crippen molar-refractivity contribution in [1.29, 1.82) is 0 Å². The van der Waals surface area contributed by atoms with Crippen LogP contribution in [0.3, 0.4) is 0 Å². The number of rotatable bonds is 13. The molecule has 2 aromatic rings. The topological polar surface area (TPSA) is 295 Å². The van der Waals surface area contributed by atoms with E-state index >= 15 is 0 Å². The highest BCUT2D eigenvalue weighted by Gasteiger charge is 2.66. The Bertz CT molecular complexity index is 1840. The van der Waals surface area contributed by atoms with E-state index in [1.807, 2.05) is 0 Å². The summed E-state index contributed by atoms with van der Waals surface area (Å²) < 4.78 is 0. The number of anilines is 1. The average molecular weight is 755 g/mol. The van der Waals surface area contributed by atoms with E-state index in [1.54, 1.807) is 6.92 Å². The van der Waals surface area contributed by atoms with Crippen LogP contribution in [-0.2, 0) is 28.8 Å². The molecule has 3 aliphatic heterocycles. The maximum atomic E-state index is 13.4. The van der Waals surface area contributed by atoms with Gasteiger partial charge in [-0.2, -0.15) is 0 Å². The van der Waals surface area contributed by atoms with Gasteiger partial charge in [-0.15, -0.1) is 11.3 Å². The number of carboxylic acids is 2. The van der Waals surface area contributed by atoms with Crippen LogP contribution in [0.25, 0.3) is 0 Å². The second kappa shape index (κ2) is 13.9. The molecule has 0 aliphatic carbocycles. The number of fused-ring (bicyclic) bond motifs is 1. The van der Waals surface area contributed by atoms with E-state index in [-0.39, 0.29) is 30.3 Å². The summed E-state index contributed by atoms with van der Waals surface area (Å²) >= 11 is 7.50. The summed E-state index contributed by atoms with van der Waals surface area (Å²) in [5.74, 6) is -8.64. The molecule has 5 rings (SSSR count). The number of phenolic OH excluding ortho intramolecular Hbond substituents is 2. The van der Waals surface area contributed by atoms with E-state index in [2.05, 4.69) is 20.9 Å². The molecule has 1 aromatic heterocycles. The molecule has 5 amide bonds. The summed E-state index contributed by atoms with van der Waals surface area (Å²) in [5.41, 5.74) is 6.73. The maximum absolute atomic E-state index is 13.4. The number of urea groups is 1. The Morgan fingerprint density at radius 2 is 1.90 bits per heavy atom. The number of aromatic nitrogens is 1. The molecule has 20 nitrogen and oxygen atoms in total. The van der Waals surface area contributed by atoms with Gasteiger partial charge < -0.3 is 41.2 Å². The molecular weight excluding hydrogens is 728 g/mol. The molecule has 4 atom stereocenters. The number of amides is 5. The van der Waals surface area contributed by atoms with Crippen LogP contribution in [0, 0.1) is 0 Å². The van der Waals surface area contributed by atoms with E-state index in [0.717, 1.165) is 33.3 Å². The van der Waals surface area contributed by atoms with Gasteiger partial charge in [0.15, 0.2) is 22.3 Å². The zero-order chi connectivity index (χ0) is 36.7. The highest BCUT2D eigenvalue weighted by molar-refractivity contribution is 8.02. The van der Waals surface area contributed by atoms with Crippen molar-refractivity contribution < 1.29 is 58.8 Å². The van der Waals surface area contributed by atoms with Gasteiger partial charge in [0.05, 0.1) is 23.7 Å². The minimum atomic E-state index is -2.08. The third-order valence-corrected chi connectivity index (χ3v) is 10.5. The summed E-state index contributed by atoms with van der Waals surface area (Å²) in [7, 11) is 0. The highest BCUT2D eigenvalue weighted by Crippen LogP contribution is 2.49. The number of thiazole rings is 1. The fraction of sp³-hybridized carbons (Fsp3) is 0.370. The minimum Gasteiger partial charge on any atom is -0.504 e. The van der Waals surface area contributed by atoms with Crippen LogP contribution < -0.4 is 16.5 Å². The molecule has 3 fully saturated rings. The molecule has 1 aromatic carbocycles. The molecule has 50 heavy (non-hydrogen) atoms. The van der Waals surface area contributed by atoms with Gasteiger partial charge >= 0.3 is 23.9 Å². The number of carbonyl (C=O) groups is 7. The molecule has 266 valence electrons. The highest BCUT2D eigenvalue weighted by atomic mass is 35.5. The number of nitrogens with zero attached hydrogens (tertiary/aromatic N) is 5. The standard InChI is InChI=1S/C27H27ClN8O12S2/c1-2-3-13(23(43)44)48-33-15(11-8-49-25(29)30-11)19(40)31-16-21(42)34-9-27(24(45)46,50-22(16)34)35-6-7-36(26(35)47)32-20(41)17(38)10-4-5-12(37)18(39)14(10)28/h4-5,8,13,16,22,37,39H,2-3,6-7,9H2,1H3,(H2,29,30)(H,31,40)(H,32,41)(H,43,44)(H,45,46)/b33-15-/t13-,16+,22+,27+/m0/s1. The summed E-state index contributed by atoms with van der Waals surface area (Å²) in [6, 6.07) is -0.421. The maximum Gasteiger partial charge on any atom is 0.347 e. The van der Waals surface area contributed by atoms with Crippen molar-refractivity contribution in [3.8, 4) is 11.5 Å². The van der Waals surface area contributed by atoms with Gasteiger partial charge in [-0.25, -0.2) is 24.4 Å². The minimum absolute atomic E-state index is 0.0562. The van der Waals surface area contributed by atoms with Crippen LogP contribution in [-0.4, -0.2) is 129 Å². The van der Waals surface area contributed by atoms with E-state index in [4.69, 9.17) is 22.2 Å². The van der Waals surface area contributed by atoms with Gasteiger partial charge in [-0.05, 0) is 18.6 Å². The van der Waals surface area contributed by atoms with Crippen molar-refractivity contribution in [2.75, 3.05) is 25.4 Å². The molecule has 0 bridgehead atoms. The Balaban J connectivity index is 1.30. The van der Waals surface area contributed by atoms with E-state index in [1.165, 1.54) is 5.38 Å². The Morgan fingerprint density at radius 3 is 2.52 bits per heavy atom. The van der Waals surface area contributed by atoms with Crippen molar-refractivity contribution in [2.45, 2.75) is 42.2 Å². The molecule has 0 spiro atoms. The van der Waals surface area contributed by atoms with E-state index in [0.29, 0.717) is 23.2 Å².